The molecule has 4 heteroatoms. The highest BCUT2D eigenvalue weighted by Crippen LogP contribution is 2.37. The van der Waals surface area contributed by atoms with Crippen molar-refractivity contribution < 1.29 is 9.30 Å². The fraction of sp³-hybridized carbons (Fsp3) is 0.571. The van der Waals surface area contributed by atoms with Gasteiger partial charge in [-0.3, -0.25) is 0 Å². The summed E-state index contributed by atoms with van der Waals surface area (Å²) in [5.41, 5.74) is 1.15. The summed E-state index contributed by atoms with van der Waals surface area (Å²) >= 11 is 0. The molecule has 18 heavy (non-hydrogen) atoms. The minimum atomic E-state index is -2.24. The predicted octanol–water partition coefficient (Wildman–Crippen LogP) is 3.40. The highest BCUT2D eigenvalue weighted by Gasteiger charge is 2.15. The average molecular weight is 269 g/mol. The van der Waals surface area contributed by atoms with E-state index in [4.69, 9.17) is 4.74 Å². The van der Waals surface area contributed by atoms with Crippen LogP contribution in [0.4, 0.5) is 5.69 Å². The lowest BCUT2D eigenvalue weighted by Gasteiger charge is -2.21. The Balaban J connectivity index is 2.98. The average Bonchev–Trinajstić information content (AvgIpc) is 2.23. The van der Waals surface area contributed by atoms with Crippen molar-refractivity contribution in [2.45, 2.75) is 20.8 Å². The first-order chi connectivity index (χ1) is 8.13. The van der Waals surface area contributed by atoms with Crippen molar-refractivity contribution in [3.63, 3.8) is 0 Å². The molecule has 0 saturated carbocycles. The van der Waals surface area contributed by atoms with Crippen LogP contribution in [0.3, 0.4) is 0 Å². The number of rotatable bonds is 4. The van der Waals surface area contributed by atoms with Gasteiger partial charge in [-0.05, 0) is 36.9 Å². The number of ether oxygens (including phenoxy) is 1. The van der Waals surface area contributed by atoms with Crippen LogP contribution >= 0.6 is 7.14 Å². The fourth-order valence-electron chi connectivity index (χ4n) is 1.52. The van der Waals surface area contributed by atoms with E-state index >= 15 is 0 Å². The van der Waals surface area contributed by atoms with Crippen LogP contribution in [0.1, 0.15) is 20.8 Å². The maximum absolute atomic E-state index is 12.0. The number of anilines is 1. The van der Waals surface area contributed by atoms with Crippen molar-refractivity contribution in [3.8, 4) is 5.75 Å². The van der Waals surface area contributed by atoms with Crippen LogP contribution in [0.15, 0.2) is 18.2 Å². The number of hydrogen-bond acceptors (Lipinski definition) is 3. The maximum Gasteiger partial charge on any atom is 0.142 e. The third kappa shape index (κ3) is 4.38. The molecule has 0 aliphatic rings. The first-order valence-electron chi connectivity index (χ1n) is 6.11. The number of hydrogen-bond donors (Lipinski definition) is 1. The van der Waals surface area contributed by atoms with Crippen molar-refractivity contribution in [2.24, 2.45) is 5.41 Å². The molecule has 0 spiro atoms. The molecule has 0 aromatic heterocycles. The van der Waals surface area contributed by atoms with Crippen LogP contribution in [-0.2, 0) is 4.57 Å². The Morgan fingerprint density at radius 1 is 1.28 bits per heavy atom. The zero-order valence-corrected chi connectivity index (χ0v) is 13.1. The molecule has 0 bridgehead atoms. The van der Waals surface area contributed by atoms with Gasteiger partial charge in [0.05, 0.1) is 12.8 Å². The van der Waals surface area contributed by atoms with Crippen LogP contribution in [0.2, 0.25) is 0 Å². The third-order valence-corrected chi connectivity index (χ3v) is 4.14. The summed E-state index contributed by atoms with van der Waals surface area (Å²) in [5.74, 6) is 0.751. The normalized spacial score (nSPS) is 12.3. The zero-order valence-electron chi connectivity index (χ0n) is 12.2. The van der Waals surface area contributed by atoms with Gasteiger partial charge in [-0.1, -0.05) is 20.8 Å². The molecule has 1 aromatic carbocycles. The standard InChI is InChI=1S/C14H24NO2P/c1-14(2,3)10-15-12-8-7-11(18(5,6)16)9-13(12)17-4/h7-9,15H,10H2,1-6H3. The van der Waals surface area contributed by atoms with E-state index < -0.39 is 7.14 Å². The molecule has 1 rings (SSSR count). The first-order valence-corrected chi connectivity index (χ1v) is 8.71. The summed E-state index contributed by atoms with van der Waals surface area (Å²) in [6, 6.07) is 5.72. The minimum absolute atomic E-state index is 0.203. The van der Waals surface area contributed by atoms with E-state index in [1.165, 1.54) is 0 Å². The molecule has 0 aliphatic carbocycles. The van der Waals surface area contributed by atoms with Gasteiger partial charge in [-0.15, -0.1) is 0 Å². The molecule has 0 atom stereocenters. The summed E-state index contributed by atoms with van der Waals surface area (Å²) < 4.78 is 17.4. The fourth-order valence-corrected chi connectivity index (χ4v) is 2.38. The highest BCUT2D eigenvalue weighted by molar-refractivity contribution is 7.70. The SMILES string of the molecule is COc1cc(P(C)(C)=O)ccc1NCC(C)(C)C. The molecule has 0 fully saturated rings. The summed E-state index contributed by atoms with van der Waals surface area (Å²) in [4.78, 5) is 0. The molecule has 102 valence electrons. The summed E-state index contributed by atoms with van der Waals surface area (Å²) in [5, 5.41) is 4.22. The Kier molecular flexibility index (Phi) is 4.50. The van der Waals surface area contributed by atoms with Crippen molar-refractivity contribution in [2.75, 3.05) is 32.3 Å². The second-order valence-electron chi connectivity index (χ2n) is 6.15. The van der Waals surface area contributed by atoms with Crippen LogP contribution in [0.5, 0.6) is 5.75 Å². The lowest BCUT2D eigenvalue weighted by Crippen LogP contribution is -2.19. The largest absolute Gasteiger partial charge is 0.495 e. The highest BCUT2D eigenvalue weighted by atomic mass is 31.2. The van der Waals surface area contributed by atoms with E-state index in [2.05, 4.69) is 26.1 Å². The molecular formula is C14H24NO2P. The Morgan fingerprint density at radius 3 is 2.33 bits per heavy atom. The third-order valence-electron chi connectivity index (χ3n) is 2.62. The van der Waals surface area contributed by atoms with Gasteiger partial charge in [0.15, 0.2) is 0 Å². The smallest absolute Gasteiger partial charge is 0.142 e. The Morgan fingerprint density at radius 2 is 1.89 bits per heavy atom. The summed E-state index contributed by atoms with van der Waals surface area (Å²) in [6.45, 7) is 10.9. The Hall–Kier alpha value is -0.950. The monoisotopic (exact) mass is 269 g/mol. The maximum atomic E-state index is 12.0. The molecule has 0 saturated heterocycles. The predicted molar refractivity (Wildman–Crippen MR) is 80.0 cm³/mol. The second-order valence-corrected chi connectivity index (χ2v) is 9.37. The van der Waals surface area contributed by atoms with Crippen LogP contribution in [0, 0.1) is 5.41 Å². The van der Waals surface area contributed by atoms with Crippen molar-refractivity contribution >= 4 is 18.1 Å². The molecule has 0 amide bonds. The summed E-state index contributed by atoms with van der Waals surface area (Å²) in [6.07, 6.45) is 0. The zero-order chi connectivity index (χ0) is 14.0. The topological polar surface area (TPSA) is 38.3 Å². The van der Waals surface area contributed by atoms with Crippen molar-refractivity contribution in [1.29, 1.82) is 0 Å². The Bertz CT molecular complexity index is 457. The lowest BCUT2D eigenvalue weighted by atomic mass is 9.97. The number of nitrogens with one attached hydrogen (secondary N) is 1. The minimum Gasteiger partial charge on any atom is -0.495 e. The lowest BCUT2D eigenvalue weighted by molar-refractivity contribution is 0.413. The molecule has 0 radical (unpaired) electrons. The van der Waals surface area contributed by atoms with E-state index in [1.54, 1.807) is 20.4 Å². The first kappa shape index (κ1) is 15.1. The number of benzene rings is 1. The molecule has 1 N–H and O–H groups in total. The van der Waals surface area contributed by atoms with Gasteiger partial charge in [0.25, 0.3) is 0 Å². The van der Waals surface area contributed by atoms with E-state index in [0.29, 0.717) is 0 Å². The molecular weight excluding hydrogens is 245 g/mol. The van der Waals surface area contributed by atoms with E-state index in [1.807, 2.05) is 18.2 Å². The second kappa shape index (κ2) is 5.36. The van der Waals surface area contributed by atoms with Crippen LogP contribution < -0.4 is 15.4 Å². The van der Waals surface area contributed by atoms with E-state index in [-0.39, 0.29) is 5.41 Å². The van der Waals surface area contributed by atoms with Gasteiger partial charge >= 0.3 is 0 Å². The summed E-state index contributed by atoms with van der Waals surface area (Å²) in [7, 11) is -0.601. The van der Waals surface area contributed by atoms with Crippen molar-refractivity contribution in [1.82, 2.24) is 0 Å². The van der Waals surface area contributed by atoms with Crippen LogP contribution in [-0.4, -0.2) is 27.0 Å². The van der Waals surface area contributed by atoms with Gasteiger partial charge in [0, 0.05) is 11.8 Å². The van der Waals surface area contributed by atoms with E-state index in [0.717, 1.165) is 23.3 Å². The quantitative estimate of drug-likeness (QED) is 0.851. The molecule has 0 aliphatic heterocycles. The molecule has 0 heterocycles. The Labute approximate surface area is 110 Å². The van der Waals surface area contributed by atoms with E-state index in [9.17, 15) is 4.57 Å². The molecule has 0 unspecified atom stereocenters. The van der Waals surface area contributed by atoms with Crippen molar-refractivity contribution in [3.05, 3.63) is 18.2 Å². The molecule has 3 nitrogen and oxygen atoms in total. The molecule has 1 aromatic rings. The van der Waals surface area contributed by atoms with Crippen LogP contribution in [0.25, 0.3) is 0 Å². The van der Waals surface area contributed by atoms with Gasteiger partial charge in [0.2, 0.25) is 0 Å². The number of methoxy groups -OCH3 is 1. The van der Waals surface area contributed by atoms with Gasteiger partial charge in [0.1, 0.15) is 12.9 Å². The van der Waals surface area contributed by atoms with Gasteiger partial charge < -0.3 is 14.6 Å². The van der Waals surface area contributed by atoms with Gasteiger partial charge in [-0.2, -0.15) is 0 Å². The van der Waals surface area contributed by atoms with Gasteiger partial charge in [-0.25, -0.2) is 0 Å².